The summed E-state index contributed by atoms with van der Waals surface area (Å²) in [5.74, 6) is 1.12. The fraction of sp³-hybridized carbons (Fsp3) is 0.143. The molecule has 3 aromatic rings. The third kappa shape index (κ3) is 2.55. The summed E-state index contributed by atoms with van der Waals surface area (Å²) in [6, 6.07) is 9.53. The zero-order valence-electron chi connectivity index (χ0n) is 10.8. The smallest absolute Gasteiger partial charge is 0.268 e. The Morgan fingerprint density at radius 3 is 2.85 bits per heavy atom. The van der Waals surface area contributed by atoms with E-state index in [1.54, 1.807) is 0 Å². The SMILES string of the molecule is Cc1cc(N)sc1-c1nc(Cc2ccccc2Cl)no1. The van der Waals surface area contributed by atoms with Crippen LogP contribution in [0.4, 0.5) is 5.00 Å². The Morgan fingerprint density at radius 2 is 2.15 bits per heavy atom. The maximum Gasteiger partial charge on any atom is 0.268 e. The molecule has 20 heavy (non-hydrogen) atoms. The van der Waals surface area contributed by atoms with Crippen molar-refractivity contribution in [3.8, 4) is 10.8 Å². The first-order valence-corrected chi connectivity index (χ1v) is 7.25. The van der Waals surface area contributed by atoms with Crippen molar-refractivity contribution >= 4 is 27.9 Å². The second kappa shape index (κ2) is 5.26. The molecule has 3 rings (SSSR count). The first kappa shape index (κ1) is 13.1. The zero-order chi connectivity index (χ0) is 14.1. The molecule has 0 amide bonds. The molecule has 2 heterocycles. The van der Waals surface area contributed by atoms with Crippen molar-refractivity contribution in [1.82, 2.24) is 10.1 Å². The van der Waals surface area contributed by atoms with Crippen LogP contribution >= 0.6 is 22.9 Å². The van der Waals surface area contributed by atoms with Crippen LogP contribution in [0.3, 0.4) is 0 Å². The lowest BCUT2D eigenvalue weighted by atomic mass is 10.1. The molecule has 0 unspecified atom stereocenters. The highest BCUT2D eigenvalue weighted by atomic mass is 35.5. The largest absolute Gasteiger partial charge is 0.391 e. The van der Waals surface area contributed by atoms with Crippen molar-refractivity contribution < 1.29 is 4.52 Å². The number of aromatic nitrogens is 2. The fourth-order valence-corrected chi connectivity index (χ4v) is 3.01. The summed E-state index contributed by atoms with van der Waals surface area (Å²) in [5.41, 5.74) is 7.80. The minimum absolute atomic E-state index is 0.506. The second-order valence-electron chi connectivity index (χ2n) is 4.44. The molecule has 0 aliphatic heterocycles. The van der Waals surface area contributed by atoms with Gasteiger partial charge >= 0.3 is 0 Å². The number of nitrogen functional groups attached to an aromatic ring is 1. The van der Waals surface area contributed by atoms with Crippen LogP contribution in [0.25, 0.3) is 10.8 Å². The molecule has 4 nitrogen and oxygen atoms in total. The summed E-state index contributed by atoms with van der Waals surface area (Å²) in [5, 5.41) is 5.44. The number of anilines is 1. The van der Waals surface area contributed by atoms with E-state index in [0.29, 0.717) is 23.2 Å². The molecule has 1 aromatic carbocycles. The van der Waals surface area contributed by atoms with Gasteiger partial charge in [0.15, 0.2) is 5.82 Å². The Kier molecular flexibility index (Phi) is 3.46. The Morgan fingerprint density at radius 1 is 1.35 bits per heavy atom. The van der Waals surface area contributed by atoms with Crippen molar-refractivity contribution in [3.63, 3.8) is 0 Å². The number of hydrogen-bond donors (Lipinski definition) is 1. The normalized spacial score (nSPS) is 10.9. The summed E-state index contributed by atoms with van der Waals surface area (Å²) >= 11 is 7.57. The number of rotatable bonds is 3. The van der Waals surface area contributed by atoms with E-state index < -0.39 is 0 Å². The van der Waals surface area contributed by atoms with E-state index in [9.17, 15) is 0 Å². The predicted octanol–water partition coefficient (Wildman–Crippen LogP) is 3.93. The van der Waals surface area contributed by atoms with Gasteiger partial charge in [0, 0.05) is 11.4 Å². The standard InChI is InChI=1S/C14H12ClN3OS/c1-8-6-11(16)20-13(8)14-17-12(18-19-14)7-9-4-2-3-5-10(9)15/h2-6H,7,16H2,1H3. The third-order valence-corrected chi connectivity index (χ3v) is 4.33. The van der Waals surface area contributed by atoms with Gasteiger partial charge < -0.3 is 10.3 Å². The van der Waals surface area contributed by atoms with Gasteiger partial charge in [0.2, 0.25) is 0 Å². The molecule has 0 aliphatic carbocycles. The molecule has 6 heteroatoms. The number of nitrogens with zero attached hydrogens (tertiary/aromatic N) is 2. The lowest BCUT2D eigenvalue weighted by Gasteiger charge is -1.98. The van der Waals surface area contributed by atoms with E-state index >= 15 is 0 Å². The molecule has 0 aliphatic rings. The third-order valence-electron chi connectivity index (χ3n) is 2.91. The van der Waals surface area contributed by atoms with Crippen molar-refractivity contribution in [1.29, 1.82) is 0 Å². The van der Waals surface area contributed by atoms with Crippen molar-refractivity contribution in [3.05, 3.63) is 52.3 Å². The molecular formula is C14H12ClN3OS. The Balaban J connectivity index is 1.88. The Bertz CT molecular complexity index is 750. The maximum absolute atomic E-state index is 6.13. The number of thiophene rings is 1. The monoisotopic (exact) mass is 305 g/mol. The molecule has 0 fully saturated rings. The van der Waals surface area contributed by atoms with Crippen LogP contribution in [0.5, 0.6) is 0 Å². The minimum atomic E-state index is 0.506. The quantitative estimate of drug-likeness (QED) is 0.796. The van der Waals surface area contributed by atoms with E-state index in [1.807, 2.05) is 37.3 Å². The molecule has 0 bridgehead atoms. The highest BCUT2D eigenvalue weighted by Crippen LogP contribution is 2.32. The lowest BCUT2D eigenvalue weighted by Crippen LogP contribution is -1.91. The number of halogens is 1. The first-order valence-electron chi connectivity index (χ1n) is 6.06. The number of benzene rings is 1. The zero-order valence-corrected chi connectivity index (χ0v) is 12.3. The highest BCUT2D eigenvalue weighted by molar-refractivity contribution is 7.19. The van der Waals surface area contributed by atoms with Crippen LogP contribution in [0.1, 0.15) is 17.0 Å². The average molecular weight is 306 g/mol. The molecule has 2 N–H and O–H groups in total. The Hall–Kier alpha value is -1.85. The van der Waals surface area contributed by atoms with E-state index in [1.165, 1.54) is 11.3 Å². The van der Waals surface area contributed by atoms with Gasteiger partial charge in [-0.2, -0.15) is 4.98 Å². The average Bonchev–Trinajstić information content (AvgIpc) is 2.99. The maximum atomic E-state index is 6.13. The van der Waals surface area contributed by atoms with Gasteiger partial charge in [0.1, 0.15) is 0 Å². The van der Waals surface area contributed by atoms with Crippen molar-refractivity contribution in [2.45, 2.75) is 13.3 Å². The topological polar surface area (TPSA) is 64.9 Å². The number of nitrogens with two attached hydrogens (primary N) is 1. The minimum Gasteiger partial charge on any atom is -0.391 e. The summed E-state index contributed by atoms with van der Waals surface area (Å²) in [6.07, 6.45) is 0.545. The van der Waals surface area contributed by atoms with Crippen LogP contribution in [-0.4, -0.2) is 10.1 Å². The molecule has 0 saturated carbocycles. The first-order chi connectivity index (χ1) is 9.63. The molecule has 0 radical (unpaired) electrons. The van der Waals surface area contributed by atoms with Crippen LogP contribution in [0.15, 0.2) is 34.9 Å². The van der Waals surface area contributed by atoms with Gasteiger partial charge in [0.05, 0.1) is 9.88 Å². The second-order valence-corrected chi connectivity index (χ2v) is 5.94. The van der Waals surface area contributed by atoms with Crippen LogP contribution < -0.4 is 5.73 Å². The molecule has 0 atom stereocenters. The predicted molar refractivity (Wildman–Crippen MR) is 81.0 cm³/mol. The van der Waals surface area contributed by atoms with Gasteiger partial charge in [-0.05, 0) is 30.2 Å². The van der Waals surface area contributed by atoms with Gasteiger partial charge in [-0.25, -0.2) is 0 Å². The lowest BCUT2D eigenvalue weighted by molar-refractivity contribution is 0.424. The molecular weight excluding hydrogens is 294 g/mol. The number of aryl methyl sites for hydroxylation is 1. The summed E-state index contributed by atoms with van der Waals surface area (Å²) in [7, 11) is 0. The summed E-state index contributed by atoms with van der Waals surface area (Å²) in [6.45, 7) is 1.97. The van der Waals surface area contributed by atoms with Crippen LogP contribution in [0.2, 0.25) is 5.02 Å². The summed E-state index contributed by atoms with van der Waals surface area (Å²) < 4.78 is 5.31. The van der Waals surface area contributed by atoms with E-state index in [4.69, 9.17) is 21.9 Å². The van der Waals surface area contributed by atoms with Crippen molar-refractivity contribution in [2.75, 3.05) is 5.73 Å². The van der Waals surface area contributed by atoms with Crippen LogP contribution in [-0.2, 0) is 6.42 Å². The molecule has 0 saturated heterocycles. The van der Waals surface area contributed by atoms with Gasteiger partial charge in [-0.3, -0.25) is 0 Å². The number of hydrogen-bond acceptors (Lipinski definition) is 5. The van der Waals surface area contributed by atoms with Crippen molar-refractivity contribution in [2.24, 2.45) is 0 Å². The van der Waals surface area contributed by atoms with E-state index in [0.717, 1.165) is 21.0 Å². The van der Waals surface area contributed by atoms with E-state index in [2.05, 4.69) is 10.1 Å². The van der Waals surface area contributed by atoms with Crippen LogP contribution in [0, 0.1) is 6.92 Å². The van der Waals surface area contributed by atoms with Gasteiger partial charge in [-0.1, -0.05) is 35.0 Å². The fourth-order valence-electron chi connectivity index (χ4n) is 1.95. The highest BCUT2D eigenvalue weighted by Gasteiger charge is 2.15. The van der Waals surface area contributed by atoms with Gasteiger partial charge in [0.25, 0.3) is 5.89 Å². The molecule has 2 aromatic heterocycles. The summed E-state index contributed by atoms with van der Waals surface area (Å²) in [4.78, 5) is 5.33. The van der Waals surface area contributed by atoms with E-state index in [-0.39, 0.29) is 0 Å². The Labute approximate surface area is 125 Å². The molecule has 0 spiro atoms. The van der Waals surface area contributed by atoms with Gasteiger partial charge in [-0.15, -0.1) is 11.3 Å². The molecule has 102 valence electrons.